The lowest BCUT2D eigenvalue weighted by Crippen LogP contribution is -2.39. The fourth-order valence-electron chi connectivity index (χ4n) is 4.06. The minimum absolute atomic E-state index is 0.0451. The number of anilines is 2. The van der Waals surface area contributed by atoms with Gasteiger partial charge in [0.25, 0.3) is 0 Å². The normalized spacial score (nSPS) is 20.9. The zero-order valence-electron chi connectivity index (χ0n) is 17.1. The molecule has 1 fully saturated rings. The zero-order chi connectivity index (χ0) is 21.8. The minimum Gasteiger partial charge on any atom is -0.487 e. The Bertz CT molecular complexity index is 1050. The molecule has 0 aliphatic heterocycles. The maximum atomic E-state index is 14.2. The maximum Gasteiger partial charge on any atom is 0.188 e. The first-order valence-electron chi connectivity index (χ1n) is 10.2. The largest absolute Gasteiger partial charge is 0.487 e. The Morgan fingerprint density at radius 3 is 2.77 bits per heavy atom. The van der Waals surface area contributed by atoms with Crippen molar-refractivity contribution in [3.05, 3.63) is 64.5 Å². The van der Waals surface area contributed by atoms with Gasteiger partial charge in [-0.2, -0.15) is 0 Å². The SMILES string of the molecule is CC(=O)C1(Cc2cccc(Nc3nccs3)n2)CCC(Oc2cccc(Cl)c2F)CC1. The standard InChI is InChI=1S/C23H23ClFN3O2S/c1-15(29)23(14-16-4-2-7-20(27-16)28-22-26-12-13-31-22)10-8-17(9-11-23)30-19-6-3-5-18(24)21(19)25/h2-7,12-13,17H,8-11,14H2,1H3,(H,26,27,28). The fourth-order valence-corrected chi connectivity index (χ4v) is 4.76. The topological polar surface area (TPSA) is 64.1 Å². The van der Waals surface area contributed by atoms with Crippen LogP contribution in [0.1, 0.15) is 38.3 Å². The van der Waals surface area contributed by atoms with Crippen molar-refractivity contribution in [3.63, 3.8) is 0 Å². The van der Waals surface area contributed by atoms with Gasteiger partial charge in [0.1, 0.15) is 11.6 Å². The summed E-state index contributed by atoms with van der Waals surface area (Å²) < 4.78 is 20.0. The van der Waals surface area contributed by atoms with Gasteiger partial charge in [-0.15, -0.1) is 11.3 Å². The van der Waals surface area contributed by atoms with Crippen molar-refractivity contribution in [1.29, 1.82) is 0 Å². The molecule has 31 heavy (non-hydrogen) atoms. The molecule has 8 heteroatoms. The van der Waals surface area contributed by atoms with E-state index in [2.05, 4.69) is 15.3 Å². The van der Waals surface area contributed by atoms with Crippen molar-refractivity contribution in [3.8, 4) is 5.75 Å². The summed E-state index contributed by atoms with van der Waals surface area (Å²) in [4.78, 5) is 21.6. The summed E-state index contributed by atoms with van der Waals surface area (Å²) in [6.45, 7) is 1.65. The van der Waals surface area contributed by atoms with E-state index in [0.29, 0.717) is 37.9 Å². The highest BCUT2D eigenvalue weighted by Gasteiger charge is 2.40. The number of nitrogens with one attached hydrogen (secondary N) is 1. The van der Waals surface area contributed by atoms with E-state index in [4.69, 9.17) is 16.3 Å². The summed E-state index contributed by atoms with van der Waals surface area (Å²) in [5.74, 6) is 0.483. The first kappa shape index (κ1) is 21.7. The van der Waals surface area contributed by atoms with Crippen LogP contribution in [0.5, 0.6) is 5.75 Å². The van der Waals surface area contributed by atoms with Crippen LogP contribution in [0.3, 0.4) is 0 Å². The molecule has 4 rings (SSSR count). The molecular weight excluding hydrogens is 437 g/mol. The van der Waals surface area contributed by atoms with Crippen molar-refractivity contribution in [1.82, 2.24) is 9.97 Å². The third-order valence-corrected chi connectivity index (χ3v) is 6.82. The average molecular weight is 460 g/mol. The van der Waals surface area contributed by atoms with Crippen LogP contribution in [0.4, 0.5) is 15.3 Å². The summed E-state index contributed by atoms with van der Waals surface area (Å²) in [5, 5.41) is 5.91. The fraction of sp³-hybridized carbons (Fsp3) is 0.348. The van der Waals surface area contributed by atoms with E-state index in [1.807, 2.05) is 23.6 Å². The number of pyridine rings is 1. The molecule has 0 unspecified atom stereocenters. The molecule has 0 bridgehead atoms. The van der Waals surface area contributed by atoms with Crippen LogP contribution in [0.2, 0.25) is 5.02 Å². The van der Waals surface area contributed by atoms with Crippen LogP contribution < -0.4 is 10.1 Å². The molecule has 0 saturated heterocycles. The number of aromatic nitrogens is 2. The van der Waals surface area contributed by atoms with Gasteiger partial charge in [-0.1, -0.05) is 23.7 Å². The van der Waals surface area contributed by atoms with Gasteiger partial charge >= 0.3 is 0 Å². The number of hydrogen-bond acceptors (Lipinski definition) is 6. The van der Waals surface area contributed by atoms with Gasteiger partial charge in [-0.05, 0) is 56.9 Å². The number of nitrogens with zero attached hydrogens (tertiary/aromatic N) is 2. The lowest BCUT2D eigenvalue weighted by atomic mass is 9.68. The van der Waals surface area contributed by atoms with E-state index in [-0.39, 0.29) is 22.7 Å². The second-order valence-electron chi connectivity index (χ2n) is 7.86. The van der Waals surface area contributed by atoms with Gasteiger partial charge in [0, 0.05) is 29.1 Å². The number of ketones is 1. The zero-order valence-corrected chi connectivity index (χ0v) is 18.7. The van der Waals surface area contributed by atoms with Gasteiger partial charge in [-0.25, -0.2) is 14.4 Å². The Hall–Kier alpha value is -2.51. The van der Waals surface area contributed by atoms with E-state index < -0.39 is 11.2 Å². The predicted octanol–water partition coefficient (Wildman–Crippen LogP) is 6.21. The van der Waals surface area contributed by atoms with Crippen LogP contribution in [-0.4, -0.2) is 21.9 Å². The smallest absolute Gasteiger partial charge is 0.188 e. The molecule has 1 N–H and O–H groups in total. The van der Waals surface area contributed by atoms with Crippen LogP contribution in [0, 0.1) is 11.2 Å². The Kier molecular flexibility index (Phi) is 6.53. The van der Waals surface area contributed by atoms with Crippen molar-refractivity contribution in [2.45, 2.75) is 45.1 Å². The molecule has 0 amide bonds. The maximum absolute atomic E-state index is 14.2. The predicted molar refractivity (Wildman–Crippen MR) is 121 cm³/mol. The number of rotatable bonds is 7. The van der Waals surface area contributed by atoms with Crippen LogP contribution in [-0.2, 0) is 11.2 Å². The Labute approximate surface area is 189 Å². The Morgan fingerprint density at radius 1 is 1.29 bits per heavy atom. The summed E-state index contributed by atoms with van der Waals surface area (Å²) in [5.41, 5.74) is 0.372. The number of Topliss-reactive ketones (excluding diaryl/α,β-unsaturated/α-hetero) is 1. The van der Waals surface area contributed by atoms with Gasteiger partial charge < -0.3 is 10.1 Å². The minimum atomic E-state index is -0.540. The van der Waals surface area contributed by atoms with Crippen molar-refractivity contribution in [2.75, 3.05) is 5.32 Å². The summed E-state index contributed by atoms with van der Waals surface area (Å²) in [7, 11) is 0. The summed E-state index contributed by atoms with van der Waals surface area (Å²) >= 11 is 7.35. The van der Waals surface area contributed by atoms with Crippen molar-refractivity contribution >= 4 is 39.7 Å². The molecule has 1 aliphatic carbocycles. The quantitative estimate of drug-likeness (QED) is 0.454. The van der Waals surface area contributed by atoms with E-state index >= 15 is 0 Å². The number of carbonyl (C=O) groups excluding carboxylic acids is 1. The average Bonchev–Trinajstić information content (AvgIpc) is 3.26. The molecule has 0 atom stereocenters. The molecule has 0 spiro atoms. The highest BCUT2D eigenvalue weighted by molar-refractivity contribution is 7.13. The Morgan fingerprint density at radius 2 is 2.06 bits per heavy atom. The molecule has 3 aromatic rings. The first-order chi connectivity index (χ1) is 14.9. The molecule has 162 valence electrons. The van der Waals surface area contributed by atoms with Gasteiger partial charge in [-0.3, -0.25) is 4.79 Å². The second-order valence-corrected chi connectivity index (χ2v) is 9.16. The van der Waals surface area contributed by atoms with E-state index in [1.54, 1.807) is 25.3 Å². The number of benzene rings is 1. The highest BCUT2D eigenvalue weighted by atomic mass is 35.5. The van der Waals surface area contributed by atoms with Gasteiger partial charge in [0.05, 0.1) is 11.1 Å². The molecule has 2 heterocycles. The van der Waals surface area contributed by atoms with E-state index in [9.17, 15) is 9.18 Å². The number of halogens is 2. The molecule has 2 aromatic heterocycles. The van der Waals surface area contributed by atoms with Crippen LogP contribution in [0.25, 0.3) is 0 Å². The molecule has 0 radical (unpaired) electrons. The number of carbonyl (C=O) groups is 1. The molecule has 1 aliphatic rings. The highest BCUT2D eigenvalue weighted by Crippen LogP contribution is 2.41. The lowest BCUT2D eigenvalue weighted by molar-refractivity contribution is -0.129. The van der Waals surface area contributed by atoms with Crippen LogP contribution >= 0.6 is 22.9 Å². The monoisotopic (exact) mass is 459 g/mol. The lowest BCUT2D eigenvalue weighted by Gasteiger charge is -2.38. The molecule has 1 saturated carbocycles. The first-order valence-corrected chi connectivity index (χ1v) is 11.5. The summed E-state index contributed by atoms with van der Waals surface area (Å²) in [6, 6.07) is 10.5. The number of thiazole rings is 1. The molecular formula is C23H23ClFN3O2S. The number of ether oxygens (including phenoxy) is 1. The molecule has 5 nitrogen and oxygen atoms in total. The third kappa shape index (κ3) is 5.05. The summed E-state index contributed by atoms with van der Waals surface area (Å²) in [6.07, 6.45) is 4.82. The van der Waals surface area contributed by atoms with Crippen LogP contribution in [0.15, 0.2) is 48.0 Å². The van der Waals surface area contributed by atoms with E-state index in [1.165, 1.54) is 17.4 Å². The van der Waals surface area contributed by atoms with E-state index in [0.717, 1.165) is 10.8 Å². The van der Waals surface area contributed by atoms with Crippen molar-refractivity contribution < 1.29 is 13.9 Å². The van der Waals surface area contributed by atoms with Crippen molar-refractivity contribution in [2.24, 2.45) is 5.41 Å². The third-order valence-electron chi connectivity index (χ3n) is 5.84. The van der Waals surface area contributed by atoms with Gasteiger partial charge in [0.15, 0.2) is 16.7 Å². The molecule has 1 aromatic carbocycles. The number of hydrogen-bond donors (Lipinski definition) is 1. The Balaban J connectivity index is 1.43. The van der Waals surface area contributed by atoms with Gasteiger partial charge in [0.2, 0.25) is 0 Å². The second kappa shape index (κ2) is 9.32.